The highest BCUT2D eigenvalue weighted by atomic mass is 16.5. The van der Waals surface area contributed by atoms with E-state index in [2.05, 4.69) is 9.97 Å². The zero-order valence-electron chi connectivity index (χ0n) is 12.7. The quantitative estimate of drug-likeness (QED) is 0.824. The van der Waals surface area contributed by atoms with Crippen molar-refractivity contribution < 1.29 is 14.3 Å². The van der Waals surface area contributed by atoms with Crippen molar-refractivity contribution in [2.75, 3.05) is 12.3 Å². The summed E-state index contributed by atoms with van der Waals surface area (Å²) in [5.74, 6) is -0.224. The Labute approximate surface area is 129 Å². The van der Waals surface area contributed by atoms with Crippen LogP contribution in [0.25, 0.3) is 0 Å². The molecule has 0 aliphatic rings. The van der Waals surface area contributed by atoms with E-state index in [1.54, 1.807) is 6.92 Å². The van der Waals surface area contributed by atoms with Gasteiger partial charge in [0.15, 0.2) is 0 Å². The van der Waals surface area contributed by atoms with Crippen LogP contribution in [0.3, 0.4) is 0 Å². The van der Waals surface area contributed by atoms with Gasteiger partial charge in [-0.1, -0.05) is 37.3 Å². The van der Waals surface area contributed by atoms with Crippen molar-refractivity contribution in [3.63, 3.8) is 0 Å². The summed E-state index contributed by atoms with van der Waals surface area (Å²) in [6, 6.07) is 9.60. The van der Waals surface area contributed by atoms with Crippen molar-refractivity contribution in [2.45, 2.75) is 26.9 Å². The van der Waals surface area contributed by atoms with Gasteiger partial charge in [-0.05, 0) is 18.9 Å². The van der Waals surface area contributed by atoms with Crippen LogP contribution in [-0.2, 0) is 17.8 Å². The fourth-order valence-corrected chi connectivity index (χ4v) is 1.88. The van der Waals surface area contributed by atoms with Crippen molar-refractivity contribution in [3.8, 4) is 5.88 Å². The smallest absolute Gasteiger partial charge is 0.362 e. The minimum Gasteiger partial charge on any atom is -0.471 e. The molecule has 0 atom stereocenters. The molecule has 2 rings (SSSR count). The van der Waals surface area contributed by atoms with E-state index in [0.717, 1.165) is 5.56 Å². The lowest BCUT2D eigenvalue weighted by Crippen LogP contribution is -2.15. The van der Waals surface area contributed by atoms with Crippen molar-refractivity contribution in [1.29, 1.82) is 0 Å². The number of nitrogen functional groups attached to an aromatic ring is 1. The summed E-state index contributed by atoms with van der Waals surface area (Å²) in [6.45, 7) is 4.16. The molecule has 0 spiro atoms. The van der Waals surface area contributed by atoms with E-state index in [1.165, 1.54) is 0 Å². The Hall–Kier alpha value is -2.63. The van der Waals surface area contributed by atoms with E-state index in [9.17, 15) is 4.79 Å². The number of hydrogen-bond acceptors (Lipinski definition) is 6. The van der Waals surface area contributed by atoms with E-state index in [1.807, 2.05) is 37.3 Å². The van der Waals surface area contributed by atoms with Crippen LogP contribution in [0.2, 0.25) is 0 Å². The molecule has 0 fully saturated rings. The number of hydrogen-bond donors (Lipinski definition) is 1. The highest BCUT2D eigenvalue weighted by Crippen LogP contribution is 2.20. The molecule has 2 N–H and O–H groups in total. The van der Waals surface area contributed by atoms with Crippen LogP contribution in [0.1, 0.15) is 35.6 Å². The van der Waals surface area contributed by atoms with Gasteiger partial charge in [0, 0.05) is 0 Å². The van der Waals surface area contributed by atoms with Crippen molar-refractivity contribution in [3.05, 3.63) is 47.3 Å². The Bertz CT molecular complexity index is 645. The van der Waals surface area contributed by atoms with Gasteiger partial charge in [0.05, 0.1) is 12.3 Å². The highest BCUT2D eigenvalue weighted by molar-refractivity contribution is 5.90. The third kappa shape index (κ3) is 3.72. The first-order valence-corrected chi connectivity index (χ1v) is 7.15. The van der Waals surface area contributed by atoms with Gasteiger partial charge >= 0.3 is 5.97 Å². The van der Waals surface area contributed by atoms with Gasteiger partial charge in [-0.3, -0.25) is 0 Å². The van der Waals surface area contributed by atoms with Gasteiger partial charge in [-0.15, -0.1) is 0 Å². The molecule has 1 heterocycles. The molecule has 22 heavy (non-hydrogen) atoms. The van der Waals surface area contributed by atoms with Crippen LogP contribution >= 0.6 is 0 Å². The Morgan fingerprint density at radius 1 is 1.18 bits per heavy atom. The number of aryl methyl sites for hydroxylation is 1. The average Bonchev–Trinajstić information content (AvgIpc) is 2.54. The molecule has 0 unspecified atom stereocenters. The van der Waals surface area contributed by atoms with Gasteiger partial charge in [-0.2, -0.15) is 0 Å². The maximum Gasteiger partial charge on any atom is 0.362 e. The van der Waals surface area contributed by atoms with Gasteiger partial charge in [-0.25, -0.2) is 14.8 Å². The van der Waals surface area contributed by atoms with Crippen LogP contribution in [0.4, 0.5) is 5.82 Å². The Morgan fingerprint density at radius 3 is 2.55 bits per heavy atom. The lowest BCUT2D eigenvalue weighted by molar-refractivity contribution is 0.0512. The van der Waals surface area contributed by atoms with Gasteiger partial charge < -0.3 is 15.2 Å². The maximum absolute atomic E-state index is 12.0. The SMILES string of the molecule is CCOC(=O)c1nc(N)c(CC)nc1OCc1ccccc1. The summed E-state index contributed by atoms with van der Waals surface area (Å²) in [5.41, 5.74) is 7.37. The molecule has 0 saturated carbocycles. The predicted octanol–water partition coefficient (Wildman–Crippen LogP) is 2.38. The molecule has 0 amide bonds. The van der Waals surface area contributed by atoms with Crippen molar-refractivity contribution in [1.82, 2.24) is 9.97 Å². The summed E-state index contributed by atoms with van der Waals surface area (Å²) in [6.07, 6.45) is 0.601. The lowest BCUT2D eigenvalue weighted by Gasteiger charge is -2.12. The van der Waals surface area contributed by atoms with Crippen molar-refractivity contribution >= 4 is 11.8 Å². The van der Waals surface area contributed by atoms with E-state index >= 15 is 0 Å². The van der Waals surface area contributed by atoms with E-state index in [4.69, 9.17) is 15.2 Å². The number of nitrogens with zero attached hydrogens (tertiary/aromatic N) is 2. The third-order valence-electron chi connectivity index (χ3n) is 2.99. The number of esters is 1. The number of anilines is 1. The molecule has 1 aromatic heterocycles. The second-order valence-electron chi connectivity index (χ2n) is 4.56. The first kappa shape index (κ1) is 15.8. The summed E-state index contributed by atoms with van der Waals surface area (Å²) >= 11 is 0. The van der Waals surface area contributed by atoms with Crippen LogP contribution in [0.15, 0.2) is 30.3 Å². The molecule has 0 bridgehead atoms. The van der Waals surface area contributed by atoms with E-state index in [0.29, 0.717) is 12.1 Å². The first-order chi connectivity index (χ1) is 10.7. The molecule has 6 nitrogen and oxygen atoms in total. The van der Waals surface area contributed by atoms with Gasteiger partial charge in [0.25, 0.3) is 0 Å². The monoisotopic (exact) mass is 301 g/mol. The summed E-state index contributed by atoms with van der Waals surface area (Å²) in [7, 11) is 0. The molecule has 6 heteroatoms. The van der Waals surface area contributed by atoms with Crippen LogP contribution in [0, 0.1) is 0 Å². The number of carbonyl (C=O) groups excluding carboxylic acids is 1. The van der Waals surface area contributed by atoms with Crippen molar-refractivity contribution in [2.24, 2.45) is 0 Å². The lowest BCUT2D eigenvalue weighted by atomic mass is 10.2. The summed E-state index contributed by atoms with van der Waals surface area (Å²) in [5, 5.41) is 0. The fourth-order valence-electron chi connectivity index (χ4n) is 1.88. The Balaban J connectivity index is 2.28. The minimum atomic E-state index is -0.590. The van der Waals surface area contributed by atoms with E-state index in [-0.39, 0.29) is 30.6 Å². The Kier molecular flexibility index (Phi) is 5.30. The standard InChI is InChI=1S/C16H19N3O3/c1-3-12-14(17)19-13(16(20)21-4-2)15(18-12)22-10-11-8-6-5-7-9-11/h5-9H,3-4,10H2,1-2H3,(H2,17,19). The second kappa shape index (κ2) is 7.40. The normalized spacial score (nSPS) is 10.3. The zero-order valence-corrected chi connectivity index (χ0v) is 12.7. The molecule has 0 aliphatic heterocycles. The molecule has 116 valence electrons. The summed E-state index contributed by atoms with van der Waals surface area (Å²) in [4.78, 5) is 20.4. The second-order valence-corrected chi connectivity index (χ2v) is 4.56. The largest absolute Gasteiger partial charge is 0.471 e. The number of ether oxygens (including phenoxy) is 2. The molecule has 1 aromatic carbocycles. The average molecular weight is 301 g/mol. The number of nitrogens with two attached hydrogens (primary N) is 1. The number of rotatable bonds is 6. The fraction of sp³-hybridized carbons (Fsp3) is 0.312. The predicted molar refractivity (Wildman–Crippen MR) is 82.6 cm³/mol. The highest BCUT2D eigenvalue weighted by Gasteiger charge is 2.20. The molecule has 0 saturated heterocycles. The van der Waals surface area contributed by atoms with Crippen LogP contribution in [0.5, 0.6) is 5.88 Å². The topological polar surface area (TPSA) is 87.3 Å². The van der Waals surface area contributed by atoms with Gasteiger partial charge in [0.2, 0.25) is 11.6 Å². The number of carbonyl (C=O) groups is 1. The van der Waals surface area contributed by atoms with Crippen LogP contribution in [-0.4, -0.2) is 22.5 Å². The molecule has 2 aromatic rings. The zero-order chi connectivity index (χ0) is 15.9. The maximum atomic E-state index is 12.0. The molecule has 0 aliphatic carbocycles. The number of aromatic nitrogens is 2. The number of benzene rings is 1. The summed E-state index contributed by atoms with van der Waals surface area (Å²) < 4.78 is 10.6. The Morgan fingerprint density at radius 2 is 1.91 bits per heavy atom. The first-order valence-electron chi connectivity index (χ1n) is 7.15. The van der Waals surface area contributed by atoms with Gasteiger partial charge in [0.1, 0.15) is 12.4 Å². The third-order valence-corrected chi connectivity index (χ3v) is 2.99. The van der Waals surface area contributed by atoms with Crippen LogP contribution < -0.4 is 10.5 Å². The minimum absolute atomic E-state index is 0.00693. The molecular formula is C16H19N3O3. The van der Waals surface area contributed by atoms with E-state index < -0.39 is 5.97 Å². The molecule has 0 radical (unpaired) electrons. The molecular weight excluding hydrogens is 282 g/mol.